The number of primary amides is 1. The largest absolute Gasteiger partial charge is 0.461 e. The molecule has 0 bridgehead atoms. The summed E-state index contributed by atoms with van der Waals surface area (Å²) in [6.45, 7) is 7.96. The molecule has 0 fully saturated rings. The van der Waals surface area contributed by atoms with Gasteiger partial charge in [0.25, 0.3) is 0 Å². The Labute approximate surface area is 173 Å². The highest BCUT2D eigenvalue weighted by Crippen LogP contribution is 2.31. The Morgan fingerprint density at radius 3 is 2.59 bits per heavy atom. The molecule has 0 radical (unpaired) electrons. The number of aromatic nitrogens is 3. The number of carbonyl (C=O) groups excluding carboxylic acids is 2. The predicted molar refractivity (Wildman–Crippen MR) is 112 cm³/mol. The van der Waals surface area contributed by atoms with Crippen LogP contribution in [0.25, 0.3) is 11.6 Å². The molecule has 0 saturated carbocycles. The highest BCUT2D eigenvalue weighted by Gasteiger charge is 2.19. The molecule has 0 aliphatic carbocycles. The van der Waals surface area contributed by atoms with Gasteiger partial charge in [0, 0.05) is 24.3 Å². The van der Waals surface area contributed by atoms with E-state index < -0.39 is 5.91 Å². The predicted octanol–water partition coefficient (Wildman–Crippen LogP) is 3.83. The maximum Gasteiger partial charge on any atom is 0.219 e. The zero-order valence-corrected chi connectivity index (χ0v) is 17.8. The van der Waals surface area contributed by atoms with Crippen LogP contribution in [0.3, 0.4) is 0 Å². The number of hydrogen-bond donors (Lipinski definition) is 1. The quantitative estimate of drug-likeness (QED) is 0.445. The molecule has 3 aromatic rings. The van der Waals surface area contributed by atoms with Gasteiger partial charge in [0.15, 0.2) is 22.5 Å². The van der Waals surface area contributed by atoms with Gasteiger partial charge in [-0.15, -0.1) is 10.2 Å². The van der Waals surface area contributed by atoms with E-state index >= 15 is 0 Å². The van der Waals surface area contributed by atoms with Crippen molar-refractivity contribution >= 4 is 23.5 Å². The van der Waals surface area contributed by atoms with Crippen LogP contribution in [0.2, 0.25) is 0 Å². The first-order valence-electron chi connectivity index (χ1n) is 9.28. The van der Waals surface area contributed by atoms with E-state index in [4.69, 9.17) is 10.2 Å². The minimum atomic E-state index is -0.392. The third-order valence-corrected chi connectivity index (χ3v) is 5.86. The average Bonchev–Trinajstić information content (AvgIpc) is 3.28. The summed E-state index contributed by atoms with van der Waals surface area (Å²) in [5.41, 5.74) is 10.3. The topological polar surface area (TPSA) is 104 Å². The second-order valence-electron chi connectivity index (χ2n) is 6.99. The van der Waals surface area contributed by atoms with E-state index in [0.29, 0.717) is 29.0 Å². The van der Waals surface area contributed by atoms with Gasteiger partial charge in [0.2, 0.25) is 5.91 Å². The second-order valence-corrected chi connectivity index (χ2v) is 7.93. The van der Waals surface area contributed by atoms with Gasteiger partial charge in [-0.1, -0.05) is 17.8 Å². The number of nitrogens with two attached hydrogens (primary N) is 1. The molecule has 0 atom stereocenters. The van der Waals surface area contributed by atoms with Crippen LogP contribution in [0.5, 0.6) is 0 Å². The summed E-state index contributed by atoms with van der Waals surface area (Å²) in [5.74, 6) is 1.44. The monoisotopic (exact) mass is 412 g/mol. The molecule has 29 heavy (non-hydrogen) atoms. The molecule has 152 valence electrons. The molecule has 2 aromatic heterocycles. The van der Waals surface area contributed by atoms with Crippen molar-refractivity contribution in [3.63, 3.8) is 0 Å². The molecular formula is C21H24N4O3S. The number of aryl methyl sites for hydroxylation is 2. The number of furan rings is 1. The van der Waals surface area contributed by atoms with Crippen molar-refractivity contribution < 1.29 is 14.0 Å². The van der Waals surface area contributed by atoms with Gasteiger partial charge < -0.3 is 10.2 Å². The molecule has 2 heterocycles. The fourth-order valence-electron chi connectivity index (χ4n) is 3.53. The van der Waals surface area contributed by atoms with E-state index in [-0.39, 0.29) is 12.2 Å². The van der Waals surface area contributed by atoms with Crippen LogP contribution in [0.1, 0.15) is 46.0 Å². The maximum absolute atomic E-state index is 12.1. The van der Waals surface area contributed by atoms with Crippen LogP contribution in [0, 0.1) is 20.8 Å². The normalized spacial score (nSPS) is 11.0. The van der Waals surface area contributed by atoms with E-state index in [2.05, 4.69) is 10.2 Å². The van der Waals surface area contributed by atoms with Gasteiger partial charge in [-0.2, -0.15) is 0 Å². The first kappa shape index (κ1) is 20.9. The average molecular weight is 413 g/mol. The zero-order valence-electron chi connectivity index (χ0n) is 17.0. The van der Waals surface area contributed by atoms with Crippen LogP contribution in [-0.2, 0) is 17.1 Å². The highest BCUT2D eigenvalue weighted by atomic mass is 32.2. The molecule has 0 spiro atoms. The molecule has 0 aliphatic rings. The van der Waals surface area contributed by atoms with Gasteiger partial charge in [-0.25, -0.2) is 0 Å². The summed E-state index contributed by atoms with van der Waals surface area (Å²) < 4.78 is 7.30. The van der Waals surface area contributed by atoms with E-state index in [1.165, 1.54) is 11.8 Å². The highest BCUT2D eigenvalue weighted by molar-refractivity contribution is 7.98. The fourth-order valence-corrected chi connectivity index (χ4v) is 4.68. The molecule has 0 saturated heterocycles. The van der Waals surface area contributed by atoms with Gasteiger partial charge >= 0.3 is 0 Å². The van der Waals surface area contributed by atoms with Crippen LogP contribution < -0.4 is 5.73 Å². The lowest BCUT2D eigenvalue weighted by Crippen LogP contribution is -2.15. The number of rotatable bonds is 8. The van der Waals surface area contributed by atoms with Crippen LogP contribution in [-0.4, -0.2) is 26.5 Å². The zero-order chi connectivity index (χ0) is 21.1. The summed E-state index contributed by atoms with van der Waals surface area (Å²) >= 11 is 1.51. The van der Waals surface area contributed by atoms with Crippen molar-refractivity contribution in [2.24, 2.45) is 5.73 Å². The van der Waals surface area contributed by atoms with Crippen molar-refractivity contribution in [2.45, 2.75) is 51.6 Å². The molecule has 1 aromatic carbocycles. The lowest BCUT2D eigenvalue weighted by Gasteiger charge is -2.16. The first-order chi connectivity index (χ1) is 13.8. The van der Waals surface area contributed by atoms with Crippen molar-refractivity contribution in [3.8, 4) is 11.6 Å². The maximum atomic E-state index is 12.1. The number of benzene rings is 1. The number of carbonyl (C=O) groups is 2. The summed E-state index contributed by atoms with van der Waals surface area (Å²) in [6.07, 6.45) is 1.74. The summed E-state index contributed by atoms with van der Waals surface area (Å²) in [5, 5.41) is 9.21. The third kappa shape index (κ3) is 4.42. The number of hydrogen-bond acceptors (Lipinski definition) is 6. The van der Waals surface area contributed by atoms with Gasteiger partial charge in [0.1, 0.15) is 0 Å². The Morgan fingerprint density at radius 2 is 1.97 bits per heavy atom. The van der Waals surface area contributed by atoms with Crippen molar-refractivity contribution in [1.82, 2.24) is 14.8 Å². The minimum Gasteiger partial charge on any atom is -0.461 e. The SMILES string of the molecule is CC(=O)c1c(C)cc(C)c(CSc2nnc(-c3ccco3)n2CCC(N)=O)c1C. The van der Waals surface area contributed by atoms with Crippen molar-refractivity contribution in [1.29, 1.82) is 0 Å². The summed E-state index contributed by atoms with van der Waals surface area (Å²) in [7, 11) is 0. The molecule has 2 N–H and O–H groups in total. The number of nitrogens with zero attached hydrogens (tertiary/aromatic N) is 3. The Balaban J connectivity index is 1.92. The number of amides is 1. The van der Waals surface area contributed by atoms with Gasteiger partial charge in [0.05, 0.1) is 6.26 Å². The number of ketones is 1. The van der Waals surface area contributed by atoms with Crippen molar-refractivity contribution in [2.75, 3.05) is 0 Å². The molecule has 3 rings (SSSR count). The van der Waals surface area contributed by atoms with E-state index in [1.807, 2.05) is 31.4 Å². The first-order valence-corrected chi connectivity index (χ1v) is 10.3. The number of thioether (sulfide) groups is 1. The number of Topliss-reactive ketones (excluding diaryl/α,β-unsaturated/α-hetero) is 1. The van der Waals surface area contributed by atoms with Crippen LogP contribution >= 0.6 is 11.8 Å². The molecule has 8 heteroatoms. The lowest BCUT2D eigenvalue weighted by molar-refractivity contribution is -0.118. The van der Waals surface area contributed by atoms with E-state index in [9.17, 15) is 9.59 Å². The third-order valence-electron chi connectivity index (χ3n) is 4.87. The van der Waals surface area contributed by atoms with Crippen LogP contribution in [0.4, 0.5) is 0 Å². The van der Waals surface area contributed by atoms with E-state index in [1.54, 1.807) is 25.3 Å². The summed E-state index contributed by atoms with van der Waals surface area (Å²) in [4.78, 5) is 23.4. The van der Waals surface area contributed by atoms with Crippen molar-refractivity contribution in [3.05, 3.63) is 52.3 Å². The van der Waals surface area contributed by atoms with Gasteiger partial charge in [-0.05, 0) is 62.1 Å². The molecule has 1 amide bonds. The Bertz CT molecular complexity index is 1050. The van der Waals surface area contributed by atoms with Crippen LogP contribution in [0.15, 0.2) is 34.0 Å². The van der Waals surface area contributed by atoms with E-state index in [0.717, 1.165) is 27.8 Å². The smallest absolute Gasteiger partial charge is 0.219 e. The molecule has 0 unspecified atom stereocenters. The Kier molecular flexibility index (Phi) is 6.22. The molecule has 7 nitrogen and oxygen atoms in total. The lowest BCUT2D eigenvalue weighted by atomic mass is 9.92. The fraction of sp³-hybridized carbons (Fsp3) is 0.333. The second kappa shape index (κ2) is 8.65. The Hall–Kier alpha value is -2.87. The summed E-state index contributed by atoms with van der Waals surface area (Å²) in [6, 6.07) is 5.62. The van der Waals surface area contributed by atoms with Gasteiger partial charge in [-0.3, -0.25) is 14.2 Å². The minimum absolute atomic E-state index is 0.0657. The molecular weight excluding hydrogens is 388 g/mol. The standard InChI is InChI=1S/C21H24N4O3S/c1-12-10-13(2)19(15(4)26)14(3)16(12)11-29-21-24-23-20(17-6-5-9-28-17)25(21)8-7-18(22)27/h5-6,9-10H,7-8,11H2,1-4H3,(H2,22,27). The molecule has 0 aliphatic heterocycles. The Morgan fingerprint density at radius 1 is 1.21 bits per heavy atom.